The molecule has 0 radical (unpaired) electrons. The number of hydrogen-bond donors (Lipinski definition) is 1. The predicted molar refractivity (Wildman–Crippen MR) is 62.9 cm³/mol. The predicted octanol–water partition coefficient (Wildman–Crippen LogP) is 2.96. The van der Waals surface area contributed by atoms with Crippen LogP contribution in [0.25, 0.3) is 0 Å². The Bertz CT molecular complexity index is 501. The highest BCUT2D eigenvalue weighted by atomic mass is 32.2. The number of rotatable bonds is 3. The minimum absolute atomic E-state index is 0.388. The molecule has 0 saturated heterocycles. The van der Waals surface area contributed by atoms with Gasteiger partial charge in [-0.1, -0.05) is 24.3 Å². The summed E-state index contributed by atoms with van der Waals surface area (Å²) in [5, 5.41) is 0. The lowest BCUT2D eigenvalue weighted by Crippen LogP contribution is -2.04. The van der Waals surface area contributed by atoms with Crippen LogP contribution in [0, 0.1) is 5.82 Å². The van der Waals surface area contributed by atoms with Crippen LogP contribution in [0.4, 0.5) is 10.1 Å². The van der Waals surface area contributed by atoms with Gasteiger partial charge in [0.1, 0.15) is 16.8 Å². The normalized spacial score (nSPS) is 12.1. The van der Waals surface area contributed by atoms with Crippen molar-refractivity contribution in [1.82, 2.24) is 0 Å². The largest absolute Gasteiger partial charge is 0.301 e. The number of anilines is 1. The van der Waals surface area contributed by atoms with Gasteiger partial charge in [-0.05, 0) is 30.3 Å². The second kappa shape index (κ2) is 4.90. The maximum Gasteiger partial charge on any atom is 0.150 e. The molecule has 0 amide bonds. The van der Waals surface area contributed by atoms with E-state index in [1.54, 1.807) is 18.2 Å². The van der Waals surface area contributed by atoms with Crippen LogP contribution in [-0.4, -0.2) is 4.21 Å². The maximum absolute atomic E-state index is 12.9. The Morgan fingerprint density at radius 2 is 1.75 bits per heavy atom. The Hall–Kier alpha value is -1.68. The van der Waals surface area contributed by atoms with E-state index in [0.717, 1.165) is 5.69 Å². The first-order valence-corrected chi connectivity index (χ1v) is 5.90. The molecule has 16 heavy (non-hydrogen) atoms. The molecule has 0 spiro atoms. The summed E-state index contributed by atoms with van der Waals surface area (Å²) in [5.74, 6) is -0.388. The van der Waals surface area contributed by atoms with E-state index >= 15 is 0 Å². The molecule has 2 nitrogen and oxygen atoms in total. The van der Waals surface area contributed by atoms with Crippen LogP contribution in [0.3, 0.4) is 0 Å². The van der Waals surface area contributed by atoms with Gasteiger partial charge in [-0.15, -0.1) is 0 Å². The molecule has 2 aromatic rings. The highest BCUT2D eigenvalue weighted by molar-refractivity contribution is 7.86. The van der Waals surface area contributed by atoms with Gasteiger partial charge in [-0.2, -0.15) is 0 Å². The van der Waals surface area contributed by atoms with Crippen molar-refractivity contribution in [1.29, 1.82) is 0 Å². The molecule has 0 aliphatic rings. The number of benzene rings is 2. The van der Waals surface area contributed by atoms with Crippen LogP contribution >= 0.6 is 0 Å². The minimum Gasteiger partial charge on any atom is -0.301 e. The van der Waals surface area contributed by atoms with Crippen LogP contribution in [-0.2, 0) is 11.0 Å². The second-order valence-corrected chi connectivity index (χ2v) is 4.41. The molecule has 1 atom stereocenters. The van der Waals surface area contributed by atoms with Crippen LogP contribution < -0.4 is 4.72 Å². The first-order chi connectivity index (χ1) is 7.75. The van der Waals surface area contributed by atoms with Crippen molar-refractivity contribution >= 4 is 16.7 Å². The third kappa shape index (κ3) is 2.67. The standard InChI is InChI=1S/C12H10FNOS/c13-10-5-4-8-12(9-10)16(15)14-11-6-2-1-3-7-11/h1-9,14H. The first-order valence-electron chi connectivity index (χ1n) is 4.75. The summed E-state index contributed by atoms with van der Waals surface area (Å²) in [6.07, 6.45) is 0. The number of hydrogen-bond acceptors (Lipinski definition) is 1. The quantitative estimate of drug-likeness (QED) is 0.870. The van der Waals surface area contributed by atoms with Crippen LogP contribution in [0.5, 0.6) is 0 Å². The average Bonchev–Trinajstić information content (AvgIpc) is 2.30. The van der Waals surface area contributed by atoms with E-state index in [-0.39, 0.29) is 5.82 Å². The van der Waals surface area contributed by atoms with Crippen molar-refractivity contribution in [3.8, 4) is 0 Å². The Morgan fingerprint density at radius 3 is 2.44 bits per heavy atom. The Morgan fingerprint density at radius 1 is 1.00 bits per heavy atom. The highest BCUT2D eigenvalue weighted by Crippen LogP contribution is 2.12. The fourth-order valence-electron chi connectivity index (χ4n) is 1.25. The maximum atomic E-state index is 12.9. The molecule has 1 unspecified atom stereocenters. The molecule has 4 heteroatoms. The van der Waals surface area contributed by atoms with Gasteiger partial charge >= 0.3 is 0 Å². The molecule has 0 bridgehead atoms. The van der Waals surface area contributed by atoms with Gasteiger partial charge in [0, 0.05) is 5.69 Å². The third-order valence-corrected chi connectivity index (χ3v) is 3.10. The summed E-state index contributed by atoms with van der Waals surface area (Å²) >= 11 is 0. The molecule has 0 saturated carbocycles. The summed E-state index contributed by atoms with van der Waals surface area (Å²) in [6.45, 7) is 0. The Kier molecular flexibility index (Phi) is 3.31. The Balaban J connectivity index is 2.15. The lowest BCUT2D eigenvalue weighted by Gasteiger charge is -2.05. The number of halogens is 1. The monoisotopic (exact) mass is 235 g/mol. The first kappa shape index (κ1) is 10.8. The minimum atomic E-state index is -1.43. The van der Waals surface area contributed by atoms with Crippen molar-refractivity contribution in [2.45, 2.75) is 4.90 Å². The molecule has 2 rings (SSSR count). The van der Waals surface area contributed by atoms with E-state index in [9.17, 15) is 8.60 Å². The topological polar surface area (TPSA) is 29.1 Å². The van der Waals surface area contributed by atoms with Gasteiger partial charge in [0.25, 0.3) is 0 Å². The molecule has 2 aromatic carbocycles. The molecule has 0 aliphatic carbocycles. The molecule has 0 fully saturated rings. The molecule has 0 heterocycles. The van der Waals surface area contributed by atoms with Gasteiger partial charge in [-0.3, -0.25) is 0 Å². The van der Waals surface area contributed by atoms with Crippen molar-refractivity contribution in [2.75, 3.05) is 4.72 Å². The molecular weight excluding hydrogens is 225 g/mol. The van der Waals surface area contributed by atoms with E-state index in [4.69, 9.17) is 0 Å². The zero-order valence-corrected chi connectivity index (χ0v) is 9.21. The molecular formula is C12H10FNOS. The number of para-hydroxylation sites is 1. The summed E-state index contributed by atoms with van der Waals surface area (Å²) in [5.41, 5.74) is 0.741. The molecule has 1 N–H and O–H groups in total. The van der Waals surface area contributed by atoms with E-state index in [0.29, 0.717) is 4.90 Å². The van der Waals surface area contributed by atoms with Gasteiger partial charge < -0.3 is 4.72 Å². The summed E-state index contributed by atoms with van der Waals surface area (Å²) < 4.78 is 27.5. The average molecular weight is 235 g/mol. The zero-order chi connectivity index (χ0) is 11.4. The van der Waals surface area contributed by atoms with E-state index in [1.807, 2.05) is 18.2 Å². The summed E-state index contributed by atoms with van der Waals surface area (Å²) in [6, 6.07) is 14.9. The molecule has 0 aliphatic heterocycles. The van der Waals surface area contributed by atoms with Gasteiger partial charge in [0.05, 0.1) is 4.90 Å². The summed E-state index contributed by atoms with van der Waals surface area (Å²) in [7, 11) is -1.43. The van der Waals surface area contributed by atoms with Crippen LogP contribution in [0.15, 0.2) is 59.5 Å². The van der Waals surface area contributed by atoms with Crippen LogP contribution in [0.1, 0.15) is 0 Å². The lowest BCUT2D eigenvalue weighted by atomic mass is 10.3. The van der Waals surface area contributed by atoms with Crippen molar-refractivity contribution < 1.29 is 8.60 Å². The molecule has 0 aromatic heterocycles. The van der Waals surface area contributed by atoms with Gasteiger partial charge in [0.15, 0.2) is 0 Å². The lowest BCUT2D eigenvalue weighted by molar-refractivity contribution is 0.622. The zero-order valence-electron chi connectivity index (χ0n) is 8.39. The Labute approximate surface area is 95.7 Å². The van der Waals surface area contributed by atoms with E-state index in [1.165, 1.54) is 18.2 Å². The van der Waals surface area contributed by atoms with E-state index in [2.05, 4.69) is 4.72 Å². The SMILES string of the molecule is O=S(Nc1ccccc1)c1cccc(F)c1. The number of nitrogens with one attached hydrogen (secondary N) is 1. The van der Waals surface area contributed by atoms with Crippen molar-refractivity contribution in [3.05, 3.63) is 60.4 Å². The molecule has 82 valence electrons. The van der Waals surface area contributed by atoms with Crippen LogP contribution in [0.2, 0.25) is 0 Å². The summed E-state index contributed by atoms with van der Waals surface area (Å²) in [4.78, 5) is 0.420. The van der Waals surface area contributed by atoms with Crippen molar-refractivity contribution in [3.63, 3.8) is 0 Å². The fraction of sp³-hybridized carbons (Fsp3) is 0. The van der Waals surface area contributed by atoms with Gasteiger partial charge in [-0.25, -0.2) is 8.60 Å². The second-order valence-electron chi connectivity index (χ2n) is 3.19. The fourth-order valence-corrected chi connectivity index (χ4v) is 2.14. The van der Waals surface area contributed by atoms with Gasteiger partial charge in [0.2, 0.25) is 0 Å². The smallest absolute Gasteiger partial charge is 0.150 e. The highest BCUT2D eigenvalue weighted by Gasteiger charge is 2.04. The van der Waals surface area contributed by atoms with Crippen molar-refractivity contribution in [2.24, 2.45) is 0 Å². The van der Waals surface area contributed by atoms with E-state index < -0.39 is 11.0 Å². The third-order valence-electron chi connectivity index (χ3n) is 1.99.